The summed E-state index contributed by atoms with van der Waals surface area (Å²) in [5, 5.41) is 0. The Morgan fingerprint density at radius 2 is 1.15 bits per heavy atom. The molecule has 0 saturated carbocycles. The zero-order valence-electron chi connectivity index (χ0n) is 15.7. The molecular weight excluding hydrogens is 356 g/mol. The number of ether oxygens (including phenoxy) is 4. The van der Waals surface area contributed by atoms with Crippen LogP contribution in [0, 0.1) is 0 Å². The molecule has 2 rings (SSSR count). The largest absolute Gasteiger partial charge is 0.492 e. The van der Waals surface area contributed by atoms with Crippen LogP contribution in [0.15, 0.2) is 30.3 Å². The van der Waals surface area contributed by atoms with E-state index in [0.717, 1.165) is 0 Å². The molecule has 0 fully saturated rings. The highest BCUT2D eigenvalue weighted by Gasteiger charge is 2.35. The van der Waals surface area contributed by atoms with Gasteiger partial charge in [-0.3, -0.25) is 9.68 Å². The van der Waals surface area contributed by atoms with Crippen LogP contribution in [0.3, 0.4) is 0 Å². The molecular formula is C19H20O8. The standard InChI is InChI=1S/C19H20O8/c1-22-15-12(14(20)11-9-7-6-8-10-11)13(19(21)27-26-5)16(23-2)18(25-4)17(15)24-3/h6-10H,1-5H3. The summed E-state index contributed by atoms with van der Waals surface area (Å²) in [4.78, 5) is 34.9. The van der Waals surface area contributed by atoms with E-state index in [1.165, 1.54) is 35.5 Å². The van der Waals surface area contributed by atoms with Gasteiger partial charge in [0, 0.05) is 5.56 Å². The number of rotatable bonds is 8. The lowest BCUT2D eigenvalue weighted by atomic mass is 9.95. The summed E-state index contributed by atoms with van der Waals surface area (Å²) < 4.78 is 21.4. The third kappa shape index (κ3) is 3.65. The van der Waals surface area contributed by atoms with Gasteiger partial charge in [0.25, 0.3) is 0 Å². The molecule has 0 radical (unpaired) electrons. The summed E-state index contributed by atoms with van der Waals surface area (Å²) in [6.07, 6.45) is 0. The van der Waals surface area contributed by atoms with Gasteiger partial charge in [0.05, 0.1) is 41.1 Å². The molecule has 8 nitrogen and oxygen atoms in total. The van der Waals surface area contributed by atoms with Crippen molar-refractivity contribution in [1.29, 1.82) is 0 Å². The number of benzene rings is 2. The van der Waals surface area contributed by atoms with E-state index < -0.39 is 11.8 Å². The van der Waals surface area contributed by atoms with Gasteiger partial charge in [-0.15, -0.1) is 0 Å². The molecule has 144 valence electrons. The summed E-state index contributed by atoms with van der Waals surface area (Å²) in [5.41, 5.74) is 0.0273. The average molecular weight is 376 g/mol. The molecule has 8 heteroatoms. The van der Waals surface area contributed by atoms with Gasteiger partial charge in [-0.05, 0) is 0 Å². The third-order valence-electron chi connectivity index (χ3n) is 3.77. The van der Waals surface area contributed by atoms with Gasteiger partial charge < -0.3 is 18.9 Å². The van der Waals surface area contributed by atoms with Crippen molar-refractivity contribution in [3.05, 3.63) is 47.0 Å². The number of methoxy groups -OCH3 is 4. The molecule has 0 unspecified atom stereocenters. The van der Waals surface area contributed by atoms with E-state index in [1.54, 1.807) is 30.3 Å². The summed E-state index contributed by atoms with van der Waals surface area (Å²) in [6, 6.07) is 8.38. The molecule has 0 atom stereocenters. The van der Waals surface area contributed by atoms with E-state index in [-0.39, 0.29) is 34.1 Å². The zero-order valence-corrected chi connectivity index (χ0v) is 15.7. The lowest BCUT2D eigenvalue weighted by molar-refractivity contribution is -0.216. The average Bonchev–Trinajstić information content (AvgIpc) is 2.71. The predicted octanol–water partition coefficient (Wildman–Crippen LogP) is 2.67. The highest BCUT2D eigenvalue weighted by atomic mass is 17.2. The first-order chi connectivity index (χ1) is 13.0. The van der Waals surface area contributed by atoms with Crippen LogP contribution in [0.25, 0.3) is 0 Å². The molecule has 0 amide bonds. The van der Waals surface area contributed by atoms with Crippen LogP contribution in [-0.4, -0.2) is 47.3 Å². The summed E-state index contributed by atoms with van der Waals surface area (Å²) in [5.74, 6) is -1.30. The second kappa shape index (κ2) is 8.91. The molecule has 0 aliphatic heterocycles. The molecule has 0 N–H and O–H groups in total. The second-order valence-corrected chi connectivity index (χ2v) is 5.12. The van der Waals surface area contributed by atoms with E-state index in [0.29, 0.717) is 5.56 Å². The number of hydrogen-bond acceptors (Lipinski definition) is 8. The Balaban J connectivity index is 2.93. The number of hydrogen-bond donors (Lipinski definition) is 0. The molecule has 0 spiro atoms. The van der Waals surface area contributed by atoms with Gasteiger partial charge in [-0.25, -0.2) is 4.79 Å². The molecule has 2 aromatic carbocycles. The maximum Gasteiger partial charge on any atom is 0.377 e. The maximum absolute atomic E-state index is 13.2. The van der Waals surface area contributed by atoms with Crippen LogP contribution in [0.5, 0.6) is 23.0 Å². The predicted molar refractivity (Wildman–Crippen MR) is 94.9 cm³/mol. The topological polar surface area (TPSA) is 89.5 Å². The van der Waals surface area contributed by atoms with E-state index in [2.05, 4.69) is 9.78 Å². The fraction of sp³-hybridized carbons (Fsp3) is 0.263. The Hall–Kier alpha value is -3.26. The normalized spacial score (nSPS) is 10.1. The zero-order chi connectivity index (χ0) is 20.0. The second-order valence-electron chi connectivity index (χ2n) is 5.12. The first-order valence-electron chi connectivity index (χ1n) is 7.80. The van der Waals surface area contributed by atoms with Crippen LogP contribution in [0.4, 0.5) is 0 Å². The summed E-state index contributed by atoms with van der Waals surface area (Å²) >= 11 is 0. The quantitative estimate of drug-likeness (QED) is 0.395. The molecule has 0 bridgehead atoms. The minimum atomic E-state index is -0.951. The molecule has 2 aromatic rings. The van der Waals surface area contributed by atoms with Crippen molar-refractivity contribution in [2.75, 3.05) is 35.5 Å². The first-order valence-corrected chi connectivity index (χ1v) is 7.80. The fourth-order valence-corrected chi connectivity index (χ4v) is 2.68. The van der Waals surface area contributed by atoms with Crippen LogP contribution in [0.1, 0.15) is 26.3 Å². The van der Waals surface area contributed by atoms with Gasteiger partial charge >= 0.3 is 5.97 Å². The van der Waals surface area contributed by atoms with Gasteiger partial charge in [0.1, 0.15) is 5.56 Å². The van der Waals surface area contributed by atoms with E-state index in [1.807, 2.05) is 0 Å². The molecule has 0 heterocycles. The van der Waals surface area contributed by atoms with Crippen molar-refractivity contribution in [2.45, 2.75) is 0 Å². The van der Waals surface area contributed by atoms with Crippen molar-refractivity contribution in [1.82, 2.24) is 0 Å². The molecule has 27 heavy (non-hydrogen) atoms. The summed E-state index contributed by atoms with van der Waals surface area (Å²) in [7, 11) is 6.58. The van der Waals surface area contributed by atoms with Crippen LogP contribution in [0.2, 0.25) is 0 Å². The summed E-state index contributed by atoms with van der Waals surface area (Å²) in [6.45, 7) is 0. The Labute approximate surface area is 156 Å². The van der Waals surface area contributed by atoms with Gasteiger partial charge in [-0.1, -0.05) is 30.3 Å². The van der Waals surface area contributed by atoms with Crippen LogP contribution in [-0.2, 0) is 9.78 Å². The van der Waals surface area contributed by atoms with Crippen molar-refractivity contribution >= 4 is 11.8 Å². The number of carbonyl (C=O) groups is 2. The van der Waals surface area contributed by atoms with Crippen molar-refractivity contribution in [2.24, 2.45) is 0 Å². The smallest absolute Gasteiger partial charge is 0.377 e. The third-order valence-corrected chi connectivity index (χ3v) is 3.77. The Bertz CT molecular complexity index is 830. The molecule has 0 saturated heterocycles. The van der Waals surface area contributed by atoms with Crippen LogP contribution < -0.4 is 18.9 Å². The number of ketones is 1. The SMILES string of the molecule is COOC(=O)c1c(OC)c(OC)c(OC)c(OC)c1C(=O)c1ccccc1. The molecule has 0 aromatic heterocycles. The lowest BCUT2D eigenvalue weighted by Gasteiger charge is -2.21. The van der Waals surface area contributed by atoms with E-state index in [4.69, 9.17) is 18.9 Å². The number of carbonyl (C=O) groups excluding carboxylic acids is 2. The van der Waals surface area contributed by atoms with Gasteiger partial charge in [0.2, 0.25) is 11.5 Å². The van der Waals surface area contributed by atoms with Crippen molar-refractivity contribution in [3.8, 4) is 23.0 Å². The Morgan fingerprint density at radius 3 is 1.59 bits per heavy atom. The Kier molecular flexibility index (Phi) is 6.62. The molecule has 0 aliphatic carbocycles. The van der Waals surface area contributed by atoms with Crippen molar-refractivity contribution in [3.63, 3.8) is 0 Å². The first kappa shape index (κ1) is 20.1. The lowest BCUT2D eigenvalue weighted by Crippen LogP contribution is -2.17. The van der Waals surface area contributed by atoms with Gasteiger partial charge in [-0.2, -0.15) is 4.89 Å². The molecule has 0 aliphatic rings. The minimum absolute atomic E-state index is 0.00653. The fourth-order valence-electron chi connectivity index (χ4n) is 2.68. The van der Waals surface area contributed by atoms with E-state index in [9.17, 15) is 9.59 Å². The van der Waals surface area contributed by atoms with E-state index >= 15 is 0 Å². The monoisotopic (exact) mass is 376 g/mol. The van der Waals surface area contributed by atoms with Crippen molar-refractivity contribution < 1.29 is 38.3 Å². The highest BCUT2D eigenvalue weighted by molar-refractivity contribution is 6.18. The van der Waals surface area contributed by atoms with Crippen LogP contribution >= 0.6 is 0 Å². The highest BCUT2D eigenvalue weighted by Crippen LogP contribution is 2.50. The minimum Gasteiger partial charge on any atom is -0.492 e. The Morgan fingerprint density at radius 1 is 0.667 bits per heavy atom. The maximum atomic E-state index is 13.2. The van der Waals surface area contributed by atoms with Gasteiger partial charge in [0.15, 0.2) is 17.3 Å².